The van der Waals surface area contributed by atoms with Crippen LogP contribution in [0.25, 0.3) is 0 Å². The second kappa shape index (κ2) is 8.57. The quantitative estimate of drug-likeness (QED) is 0.835. The molecule has 2 rings (SSSR count). The summed E-state index contributed by atoms with van der Waals surface area (Å²) in [6.07, 6.45) is -4.50. The Morgan fingerprint density at radius 1 is 1.11 bits per heavy atom. The number of anilines is 1. The molecule has 0 bridgehead atoms. The zero-order chi connectivity index (χ0) is 20.0. The van der Waals surface area contributed by atoms with Gasteiger partial charge in [0.1, 0.15) is 5.75 Å². The number of amides is 2. The third-order valence-corrected chi connectivity index (χ3v) is 3.84. The largest absolute Gasteiger partial charge is 0.497 e. The van der Waals surface area contributed by atoms with Gasteiger partial charge in [-0.1, -0.05) is 6.07 Å². The van der Waals surface area contributed by atoms with Crippen LogP contribution in [0.5, 0.6) is 5.75 Å². The summed E-state index contributed by atoms with van der Waals surface area (Å²) in [6.45, 7) is 1.38. The van der Waals surface area contributed by atoms with Crippen LogP contribution in [0.1, 0.15) is 22.8 Å². The third-order valence-electron chi connectivity index (χ3n) is 3.84. The minimum Gasteiger partial charge on any atom is -0.497 e. The van der Waals surface area contributed by atoms with E-state index in [1.165, 1.54) is 31.1 Å². The number of rotatable bonds is 6. The zero-order valence-electron chi connectivity index (χ0n) is 14.8. The molecule has 0 saturated heterocycles. The van der Waals surface area contributed by atoms with E-state index in [4.69, 9.17) is 4.74 Å². The Kier molecular flexibility index (Phi) is 6.44. The molecule has 0 radical (unpaired) electrons. The van der Waals surface area contributed by atoms with Crippen molar-refractivity contribution in [1.29, 1.82) is 0 Å². The molecule has 5 nitrogen and oxygen atoms in total. The number of hydrogen-bond donors (Lipinski definition) is 1. The predicted molar refractivity (Wildman–Crippen MR) is 94.8 cm³/mol. The van der Waals surface area contributed by atoms with E-state index in [9.17, 15) is 22.8 Å². The van der Waals surface area contributed by atoms with Gasteiger partial charge in [-0.3, -0.25) is 9.59 Å². The van der Waals surface area contributed by atoms with E-state index in [2.05, 4.69) is 5.32 Å². The number of carbonyl (C=O) groups excluding carboxylic acids is 2. The average molecular weight is 380 g/mol. The highest BCUT2D eigenvalue weighted by molar-refractivity contribution is 5.94. The van der Waals surface area contributed by atoms with Crippen LogP contribution in [0.15, 0.2) is 48.5 Å². The second-order valence-corrected chi connectivity index (χ2v) is 5.70. The zero-order valence-corrected chi connectivity index (χ0v) is 14.8. The van der Waals surface area contributed by atoms with Gasteiger partial charge in [0.05, 0.1) is 12.7 Å². The van der Waals surface area contributed by atoms with Crippen LogP contribution in [0, 0.1) is 0 Å². The lowest BCUT2D eigenvalue weighted by Gasteiger charge is -2.22. The van der Waals surface area contributed by atoms with Gasteiger partial charge < -0.3 is 15.0 Å². The Hall–Kier alpha value is -3.03. The molecule has 0 saturated carbocycles. The lowest BCUT2D eigenvalue weighted by atomic mass is 10.1. The normalized spacial score (nSPS) is 11.0. The highest BCUT2D eigenvalue weighted by Crippen LogP contribution is 2.31. The first-order valence-electron chi connectivity index (χ1n) is 8.10. The van der Waals surface area contributed by atoms with Gasteiger partial charge in [-0.2, -0.15) is 13.2 Å². The number of nitrogens with one attached hydrogen (secondary N) is 1. The van der Waals surface area contributed by atoms with Crippen molar-refractivity contribution in [1.82, 2.24) is 5.32 Å². The molecule has 0 heterocycles. The molecule has 27 heavy (non-hydrogen) atoms. The first-order chi connectivity index (χ1) is 12.7. The molecule has 2 amide bonds. The Labute approximate surface area is 154 Å². The average Bonchev–Trinajstić information content (AvgIpc) is 2.64. The number of hydrogen-bond acceptors (Lipinski definition) is 3. The smallest absolute Gasteiger partial charge is 0.416 e. The molecule has 2 aromatic carbocycles. The van der Waals surface area contributed by atoms with E-state index in [0.29, 0.717) is 11.3 Å². The number of ether oxygens (including phenoxy) is 1. The van der Waals surface area contributed by atoms with E-state index in [-0.39, 0.29) is 24.7 Å². The van der Waals surface area contributed by atoms with Gasteiger partial charge in [0.2, 0.25) is 5.91 Å². The van der Waals surface area contributed by atoms with Crippen LogP contribution < -0.4 is 15.0 Å². The highest BCUT2D eigenvalue weighted by atomic mass is 19.4. The maximum atomic E-state index is 12.9. The summed E-state index contributed by atoms with van der Waals surface area (Å²) in [7, 11) is 1.51. The minimum absolute atomic E-state index is 0.0402. The van der Waals surface area contributed by atoms with Crippen molar-refractivity contribution >= 4 is 17.5 Å². The molecule has 144 valence electrons. The number of nitrogens with zero attached hydrogens (tertiary/aromatic N) is 1. The van der Waals surface area contributed by atoms with E-state index < -0.39 is 17.6 Å². The van der Waals surface area contributed by atoms with Crippen LogP contribution in [0.3, 0.4) is 0 Å². The van der Waals surface area contributed by atoms with Crippen molar-refractivity contribution in [2.24, 2.45) is 0 Å². The van der Waals surface area contributed by atoms with Crippen LogP contribution in [0.2, 0.25) is 0 Å². The molecule has 1 N–H and O–H groups in total. The summed E-state index contributed by atoms with van der Waals surface area (Å²) in [5.41, 5.74) is -0.311. The number of benzene rings is 2. The van der Waals surface area contributed by atoms with Gasteiger partial charge >= 0.3 is 6.18 Å². The van der Waals surface area contributed by atoms with E-state index in [1.54, 1.807) is 24.3 Å². The van der Waals surface area contributed by atoms with Crippen molar-refractivity contribution in [3.05, 3.63) is 59.7 Å². The molecule has 0 aliphatic rings. The van der Waals surface area contributed by atoms with E-state index in [0.717, 1.165) is 12.1 Å². The van der Waals surface area contributed by atoms with Crippen molar-refractivity contribution in [2.75, 3.05) is 25.1 Å². The fraction of sp³-hybridized carbons (Fsp3) is 0.263. The molecule has 0 fully saturated rings. The second-order valence-electron chi connectivity index (χ2n) is 5.70. The predicted octanol–water partition coefficient (Wildman–Crippen LogP) is 3.50. The van der Waals surface area contributed by atoms with Gasteiger partial charge in [-0.25, -0.2) is 0 Å². The maximum absolute atomic E-state index is 12.9. The molecule has 0 aromatic heterocycles. The van der Waals surface area contributed by atoms with Crippen LogP contribution in [-0.2, 0) is 11.0 Å². The molecule has 8 heteroatoms. The number of methoxy groups -OCH3 is 1. The topological polar surface area (TPSA) is 58.6 Å². The van der Waals surface area contributed by atoms with E-state index >= 15 is 0 Å². The number of halogens is 3. The van der Waals surface area contributed by atoms with Crippen LogP contribution >= 0.6 is 0 Å². The molecule has 0 aliphatic carbocycles. The van der Waals surface area contributed by atoms with Gasteiger partial charge in [-0.05, 0) is 42.5 Å². The number of carbonyl (C=O) groups is 2. The molecule has 2 aromatic rings. The molecular formula is C19H19F3N2O3. The van der Waals surface area contributed by atoms with Gasteiger partial charge in [0.25, 0.3) is 5.91 Å². The van der Waals surface area contributed by atoms with Crippen molar-refractivity contribution < 1.29 is 27.5 Å². The first kappa shape index (κ1) is 20.3. The molecule has 0 spiro atoms. The summed E-state index contributed by atoms with van der Waals surface area (Å²) >= 11 is 0. The van der Waals surface area contributed by atoms with Crippen molar-refractivity contribution in [3.63, 3.8) is 0 Å². The third kappa shape index (κ3) is 5.47. The Bertz CT molecular complexity index is 805. The molecule has 0 unspecified atom stereocenters. The lowest BCUT2D eigenvalue weighted by molar-refractivity contribution is -0.137. The monoisotopic (exact) mass is 380 g/mol. The molecule has 0 aliphatic heterocycles. The highest BCUT2D eigenvalue weighted by Gasteiger charge is 2.31. The van der Waals surface area contributed by atoms with Crippen LogP contribution in [0.4, 0.5) is 18.9 Å². The lowest BCUT2D eigenvalue weighted by Crippen LogP contribution is -2.37. The standard InChI is InChI=1S/C19H19F3N2O3/c1-13(25)24(16-5-3-4-15(12-16)19(20,21)22)11-10-23-18(26)14-6-8-17(27-2)9-7-14/h3-9,12H,10-11H2,1-2H3,(H,23,26). The summed E-state index contributed by atoms with van der Waals surface area (Å²) in [6, 6.07) is 11.0. The summed E-state index contributed by atoms with van der Waals surface area (Å²) in [5, 5.41) is 2.64. The SMILES string of the molecule is COc1ccc(C(=O)NCCN(C(C)=O)c2cccc(C(F)(F)F)c2)cc1. The summed E-state index contributed by atoms with van der Waals surface area (Å²) < 4.78 is 43.6. The van der Waals surface area contributed by atoms with Crippen molar-refractivity contribution in [3.8, 4) is 5.75 Å². The minimum atomic E-state index is -4.50. The molecule has 0 atom stereocenters. The van der Waals surface area contributed by atoms with Crippen LogP contribution in [-0.4, -0.2) is 32.0 Å². The maximum Gasteiger partial charge on any atom is 0.416 e. The van der Waals surface area contributed by atoms with Gasteiger partial charge in [-0.15, -0.1) is 0 Å². The Balaban J connectivity index is 2.02. The molecular weight excluding hydrogens is 361 g/mol. The fourth-order valence-corrected chi connectivity index (χ4v) is 2.44. The van der Waals surface area contributed by atoms with Crippen molar-refractivity contribution in [2.45, 2.75) is 13.1 Å². The first-order valence-corrected chi connectivity index (χ1v) is 8.10. The fourth-order valence-electron chi connectivity index (χ4n) is 2.44. The van der Waals surface area contributed by atoms with Gasteiger partial charge in [0, 0.05) is 31.3 Å². The van der Waals surface area contributed by atoms with Gasteiger partial charge in [0.15, 0.2) is 0 Å². The Morgan fingerprint density at radius 3 is 2.33 bits per heavy atom. The number of alkyl halides is 3. The summed E-state index contributed by atoms with van der Waals surface area (Å²) in [5.74, 6) is -0.169. The summed E-state index contributed by atoms with van der Waals surface area (Å²) in [4.78, 5) is 25.1. The van der Waals surface area contributed by atoms with E-state index in [1.807, 2.05) is 0 Å². The Morgan fingerprint density at radius 2 is 1.78 bits per heavy atom.